The van der Waals surface area contributed by atoms with Crippen molar-refractivity contribution in [1.82, 2.24) is 55.6 Å². The average molecular weight is 1320 g/mol. The van der Waals surface area contributed by atoms with Crippen LogP contribution in [0.25, 0.3) is 0 Å². The summed E-state index contributed by atoms with van der Waals surface area (Å²) in [6.07, 6.45) is -0.398. The zero-order valence-electron chi connectivity index (χ0n) is 57.7. The molecule has 91 heavy (non-hydrogen) atoms. The number of amides is 11. The zero-order valence-corrected chi connectivity index (χ0v) is 58.5. The summed E-state index contributed by atoms with van der Waals surface area (Å²) < 4.78 is 41.2. The summed E-state index contributed by atoms with van der Waals surface area (Å²) >= 11 is 6.48. The van der Waals surface area contributed by atoms with Gasteiger partial charge in [0.1, 0.15) is 41.8 Å². The minimum absolute atomic E-state index is 0.0333. The van der Waals surface area contributed by atoms with Gasteiger partial charge in [0.2, 0.25) is 65.0 Å². The zero-order chi connectivity index (χ0) is 69.3. The minimum Gasteiger partial charge on any atom is -0.351 e. The topological polar surface area (TPSA) is 259 Å². The highest BCUT2D eigenvalue weighted by Crippen LogP contribution is 2.41. The normalized spacial score (nSPS) is 29.0. The molecule has 0 spiro atoms. The molecule has 2 aliphatic carbocycles. The van der Waals surface area contributed by atoms with Crippen LogP contribution in [0.5, 0.6) is 0 Å². The largest absolute Gasteiger partial charge is 0.391 e. The maximum Gasteiger partial charge on any atom is 0.391 e. The van der Waals surface area contributed by atoms with E-state index in [1.807, 2.05) is 48.5 Å². The predicted molar refractivity (Wildman–Crippen MR) is 342 cm³/mol. The fourth-order valence-electron chi connectivity index (χ4n) is 12.5. The Balaban J connectivity index is 2.19. The molecular weight excluding hydrogens is 1200 g/mol. The first-order chi connectivity index (χ1) is 42.1. The summed E-state index contributed by atoms with van der Waals surface area (Å²) in [4.78, 5) is 167. The predicted octanol–water partition coefficient (Wildman–Crippen LogP) is 5.96. The Morgan fingerprint density at radius 2 is 1.00 bits per heavy atom. The number of carbonyl (C=O) groups is 11. The molecule has 3 aliphatic rings. The first kappa shape index (κ1) is 79.5. The van der Waals surface area contributed by atoms with Gasteiger partial charge in [-0.15, -0.1) is 11.6 Å². The summed E-state index contributed by atoms with van der Waals surface area (Å²) in [6, 6.07) is -7.85. The van der Waals surface area contributed by atoms with Crippen molar-refractivity contribution in [3.8, 4) is 0 Å². The molecule has 0 unspecified atom stereocenters. The summed E-state index contributed by atoms with van der Waals surface area (Å²) in [7, 11) is 9.88. The van der Waals surface area contributed by atoms with Crippen molar-refractivity contribution in [2.75, 3.05) is 69.0 Å². The van der Waals surface area contributed by atoms with E-state index in [4.69, 9.17) is 11.6 Å². The third kappa shape index (κ3) is 24.0. The van der Waals surface area contributed by atoms with Crippen molar-refractivity contribution in [3.63, 3.8) is 0 Å². The number of hydrogen-bond acceptors (Lipinski definition) is 11. The number of carbonyl (C=O) groups excluding carboxylic acids is 11. The van der Waals surface area contributed by atoms with Crippen LogP contribution < -0.4 is 21.3 Å². The van der Waals surface area contributed by atoms with Crippen molar-refractivity contribution < 1.29 is 65.9 Å². The number of likely N-dealkylation sites (N-methyl/N-ethyl adjacent to an activating group) is 7. The Labute approximate surface area is 544 Å². The van der Waals surface area contributed by atoms with Crippen LogP contribution in [0.2, 0.25) is 0 Å². The molecule has 26 heteroatoms. The van der Waals surface area contributed by atoms with E-state index in [2.05, 4.69) is 21.3 Å². The first-order valence-corrected chi connectivity index (χ1v) is 33.3. The SMILES string of the molecule is CC[C@H](C)[C@@H]1NC(=O)[C@H](CC(C)C)N(C)C(=O)C[C@@H](C)NC(=O)[C@H](CC(C)C)N(C)C(=O)C(C)(C)NC(=O)[C@H](CC(C)C)N(C)C(=O)[C@H](CCC2CCC(C(F)(F)F)CC2)NC(=O)CN(C)C(=O)[C@H](CC2CCC(Cl)CC2)N(C)C(=O)CN(C)C(=O)CN(C)C1=O. The number of nitrogens with zero attached hydrogens (tertiary/aromatic N) is 7. The maximum absolute atomic E-state index is 15.0. The molecule has 0 aromatic heterocycles. The molecule has 1 heterocycles. The molecule has 4 N–H and O–H groups in total. The van der Waals surface area contributed by atoms with Gasteiger partial charge in [-0.25, -0.2) is 0 Å². The molecule has 0 radical (unpaired) electrons. The fraction of sp³-hybridized carbons (Fsp3) is 0.831. The lowest BCUT2D eigenvalue weighted by molar-refractivity contribution is -0.184. The maximum atomic E-state index is 15.0. The van der Waals surface area contributed by atoms with Crippen molar-refractivity contribution in [2.45, 2.75) is 238 Å². The Morgan fingerprint density at radius 3 is 1.52 bits per heavy atom. The van der Waals surface area contributed by atoms with Crippen LogP contribution >= 0.6 is 11.6 Å². The Bertz CT molecular complexity index is 2510. The fourth-order valence-corrected chi connectivity index (χ4v) is 12.8. The van der Waals surface area contributed by atoms with Crippen LogP contribution in [0.15, 0.2) is 0 Å². The first-order valence-electron chi connectivity index (χ1n) is 32.8. The lowest BCUT2D eigenvalue weighted by atomic mass is 9.79. The second-order valence-corrected chi connectivity index (χ2v) is 29.0. The summed E-state index contributed by atoms with van der Waals surface area (Å²) in [6.45, 7) is 17.7. The lowest BCUT2D eigenvalue weighted by Crippen LogP contribution is -2.63. The summed E-state index contributed by atoms with van der Waals surface area (Å²) in [5.74, 6) is -9.68. The van der Waals surface area contributed by atoms with Crippen molar-refractivity contribution in [3.05, 3.63) is 0 Å². The van der Waals surface area contributed by atoms with Crippen LogP contribution in [-0.2, 0) is 52.7 Å². The molecule has 2 saturated carbocycles. The summed E-state index contributed by atoms with van der Waals surface area (Å²) in [5, 5.41) is 11.3. The van der Waals surface area contributed by atoms with Gasteiger partial charge < -0.3 is 55.6 Å². The molecule has 520 valence electrons. The van der Waals surface area contributed by atoms with Gasteiger partial charge in [0.15, 0.2) is 0 Å². The van der Waals surface area contributed by atoms with Crippen molar-refractivity contribution >= 4 is 76.6 Å². The van der Waals surface area contributed by atoms with Gasteiger partial charge in [0, 0.05) is 67.2 Å². The van der Waals surface area contributed by atoms with Crippen LogP contribution in [-0.4, -0.2) is 228 Å². The number of hydrogen-bond donors (Lipinski definition) is 4. The molecule has 1 aliphatic heterocycles. The average Bonchev–Trinajstić information content (AvgIpc) is 1.07. The van der Waals surface area contributed by atoms with Crippen LogP contribution in [0, 0.1) is 41.4 Å². The van der Waals surface area contributed by atoms with Gasteiger partial charge in [-0.1, -0.05) is 61.8 Å². The molecule has 0 aromatic rings. The Morgan fingerprint density at radius 1 is 0.527 bits per heavy atom. The standard InChI is InChI=1S/C65H111ClF3N11O11/c1-19-41(8)56-62(90)76(14)36-54(83)74(12)37-55(84)78(16)51(34-44-22-27-46(66)28-23-44)61(89)75(13)35-52(81)71-47(29-24-43-20-25-45(26-21-43)65(67,68)69)60(88)79(17)50(32-40(6)7)59(87)73-64(10,11)63(91)80(18)49(31-39(4)5)57(85)70-42(9)33-53(82)77(15)48(30-38(2)3)58(86)72-56/h38-51,56H,19-37H2,1-18H3,(H,70,85)(H,71,81)(H,72,86)(H,73,87)/t41-,42+,43?,44?,45?,46?,47-,48-,49-,50-,51-,56-/m0/s1. The number of halogens is 4. The second-order valence-electron chi connectivity index (χ2n) is 28.4. The van der Waals surface area contributed by atoms with Crippen molar-refractivity contribution in [2.24, 2.45) is 41.4 Å². The van der Waals surface area contributed by atoms with Gasteiger partial charge in [-0.3, -0.25) is 52.7 Å². The molecule has 8 atom stereocenters. The monoisotopic (exact) mass is 1310 g/mol. The Kier molecular flexibility index (Phi) is 31.0. The van der Waals surface area contributed by atoms with Gasteiger partial charge in [-0.2, -0.15) is 13.2 Å². The van der Waals surface area contributed by atoms with Gasteiger partial charge in [0.05, 0.1) is 25.6 Å². The lowest BCUT2D eigenvalue weighted by Gasteiger charge is -2.38. The van der Waals surface area contributed by atoms with Crippen molar-refractivity contribution in [1.29, 1.82) is 0 Å². The molecule has 0 bridgehead atoms. The van der Waals surface area contributed by atoms with E-state index in [-0.39, 0.29) is 106 Å². The van der Waals surface area contributed by atoms with Gasteiger partial charge in [-0.05, 0) is 146 Å². The molecule has 0 aromatic carbocycles. The highest BCUT2D eigenvalue weighted by Gasteiger charge is 2.45. The van der Waals surface area contributed by atoms with Gasteiger partial charge >= 0.3 is 6.18 Å². The van der Waals surface area contributed by atoms with Crippen LogP contribution in [0.4, 0.5) is 13.2 Å². The van der Waals surface area contributed by atoms with E-state index in [0.29, 0.717) is 32.1 Å². The molecular formula is C65H111ClF3N11O11. The molecule has 1 saturated heterocycles. The van der Waals surface area contributed by atoms with E-state index in [1.54, 1.807) is 13.8 Å². The summed E-state index contributed by atoms with van der Waals surface area (Å²) in [5.41, 5.74) is -1.70. The number of alkyl halides is 4. The van der Waals surface area contributed by atoms with E-state index in [1.165, 1.54) is 82.8 Å². The highest BCUT2D eigenvalue weighted by atomic mass is 35.5. The van der Waals surface area contributed by atoms with Gasteiger partial charge in [0.25, 0.3) is 0 Å². The number of rotatable bonds is 13. The third-order valence-electron chi connectivity index (χ3n) is 18.7. The quantitative estimate of drug-likeness (QED) is 0.156. The molecule has 3 fully saturated rings. The smallest absolute Gasteiger partial charge is 0.351 e. The molecule has 11 amide bonds. The van der Waals surface area contributed by atoms with E-state index < -0.39 is 150 Å². The van der Waals surface area contributed by atoms with E-state index in [9.17, 15) is 65.9 Å². The number of nitrogens with one attached hydrogen (secondary N) is 4. The van der Waals surface area contributed by atoms with E-state index >= 15 is 0 Å². The third-order valence-corrected chi connectivity index (χ3v) is 19.1. The van der Waals surface area contributed by atoms with E-state index in [0.717, 1.165) is 14.7 Å². The highest BCUT2D eigenvalue weighted by molar-refractivity contribution is 6.20. The minimum atomic E-state index is -4.35. The Hall–Kier alpha value is -5.75. The second kappa shape index (κ2) is 35.5. The van der Waals surface area contributed by atoms with Crippen LogP contribution in [0.3, 0.4) is 0 Å². The molecule has 22 nitrogen and oxygen atoms in total. The van der Waals surface area contributed by atoms with Crippen LogP contribution in [0.1, 0.15) is 179 Å². The molecule has 3 rings (SSSR count).